The quantitative estimate of drug-likeness (QED) is 0.517. The molecule has 8 heteroatoms. The van der Waals surface area contributed by atoms with Gasteiger partial charge in [0.2, 0.25) is 0 Å². The van der Waals surface area contributed by atoms with Crippen molar-refractivity contribution in [2.75, 3.05) is 24.7 Å². The number of amides is 1. The number of aliphatic carboxylic acids is 1. The maximum atomic E-state index is 12.6. The second-order valence-electron chi connectivity index (χ2n) is 6.39. The molecule has 7 nitrogen and oxygen atoms in total. The smallest absolute Gasteiger partial charge is 0.328 e. The number of carbonyl (C=O) groups is 2. The first-order valence-electron chi connectivity index (χ1n) is 9.11. The third kappa shape index (κ3) is 4.64. The molecule has 156 valence electrons. The Balaban J connectivity index is 2.07. The summed E-state index contributed by atoms with van der Waals surface area (Å²) in [5.74, 6) is -0.881. The molecular weight excluding hydrogens is 410 g/mol. The molecule has 0 saturated carbocycles. The number of hydrogen-bond acceptors (Lipinski definition) is 5. The van der Waals surface area contributed by atoms with Gasteiger partial charge in [-0.15, -0.1) is 6.58 Å². The van der Waals surface area contributed by atoms with Gasteiger partial charge in [-0.05, 0) is 24.3 Å². The lowest BCUT2D eigenvalue weighted by molar-refractivity contribution is -0.131. The zero-order chi connectivity index (χ0) is 21.7. The molecule has 0 saturated heterocycles. The summed E-state index contributed by atoms with van der Waals surface area (Å²) in [6, 6.07) is 9.90. The highest BCUT2D eigenvalue weighted by Gasteiger charge is 2.26. The van der Waals surface area contributed by atoms with Crippen molar-refractivity contribution in [1.29, 1.82) is 0 Å². The molecule has 0 bridgehead atoms. The lowest BCUT2D eigenvalue weighted by atomic mass is 9.97. The summed E-state index contributed by atoms with van der Waals surface area (Å²) in [6.07, 6.45) is 2.01. The van der Waals surface area contributed by atoms with Crippen LogP contribution in [0.15, 0.2) is 61.2 Å². The van der Waals surface area contributed by atoms with Crippen LogP contribution in [0.5, 0.6) is 11.5 Å². The van der Waals surface area contributed by atoms with E-state index in [1.165, 1.54) is 11.0 Å². The Morgan fingerprint density at radius 3 is 2.67 bits per heavy atom. The van der Waals surface area contributed by atoms with Gasteiger partial charge in [0, 0.05) is 34.8 Å². The van der Waals surface area contributed by atoms with Crippen LogP contribution in [0.25, 0.3) is 0 Å². The first kappa shape index (κ1) is 21.4. The number of benzene rings is 2. The van der Waals surface area contributed by atoms with Crippen LogP contribution in [0.2, 0.25) is 5.02 Å². The minimum Gasteiger partial charge on any atom is -0.486 e. The van der Waals surface area contributed by atoms with E-state index < -0.39 is 18.0 Å². The number of rotatable bonds is 7. The van der Waals surface area contributed by atoms with Crippen LogP contribution in [-0.4, -0.2) is 41.8 Å². The number of aliphatic hydroxyl groups excluding tert-OH is 1. The average Bonchev–Trinajstić information content (AvgIpc) is 2.75. The molecule has 0 fully saturated rings. The summed E-state index contributed by atoms with van der Waals surface area (Å²) >= 11 is 6.17. The number of hydrogen-bond donors (Lipinski definition) is 2. The predicted octanol–water partition coefficient (Wildman–Crippen LogP) is 3.35. The normalized spacial score (nSPS) is 13.7. The van der Waals surface area contributed by atoms with E-state index in [0.717, 1.165) is 12.2 Å². The number of para-hydroxylation sites is 1. The Morgan fingerprint density at radius 1 is 1.17 bits per heavy atom. The monoisotopic (exact) mass is 429 g/mol. The molecule has 2 aromatic rings. The van der Waals surface area contributed by atoms with Crippen molar-refractivity contribution in [2.24, 2.45) is 0 Å². The number of carbonyl (C=O) groups excluding carboxylic acids is 1. The van der Waals surface area contributed by atoms with Crippen molar-refractivity contribution in [3.63, 3.8) is 0 Å². The topological polar surface area (TPSA) is 96.3 Å². The Kier molecular flexibility index (Phi) is 6.76. The molecule has 2 N–H and O–H groups in total. The molecule has 0 spiro atoms. The zero-order valence-electron chi connectivity index (χ0n) is 16.0. The molecule has 2 aromatic carbocycles. The number of nitrogens with zero attached hydrogens (tertiary/aromatic N) is 1. The highest BCUT2D eigenvalue weighted by atomic mass is 35.5. The molecule has 30 heavy (non-hydrogen) atoms. The fraction of sp³-hybridized carbons (Fsp3) is 0.182. The van der Waals surface area contributed by atoms with Gasteiger partial charge in [-0.3, -0.25) is 4.79 Å². The van der Waals surface area contributed by atoms with Gasteiger partial charge in [-0.2, -0.15) is 0 Å². The molecular formula is C22H20ClNO6. The number of carboxylic acid groups (broad SMARTS) is 1. The molecule has 1 amide bonds. The number of carboxylic acids is 1. The molecule has 1 heterocycles. The van der Waals surface area contributed by atoms with E-state index >= 15 is 0 Å². The summed E-state index contributed by atoms with van der Waals surface area (Å²) in [4.78, 5) is 24.7. The number of anilines is 1. The van der Waals surface area contributed by atoms with Crippen LogP contribution in [0.3, 0.4) is 0 Å². The van der Waals surface area contributed by atoms with E-state index in [1.54, 1.807) is 36.4 Å². The molecule has 3 rings (SSSR count). The number of ether oxygens (including phenoxy) is 2. The van der Waals surface area contributed by atoms with Crippen LogP contribution in [0, 0.1) is 0 Å². The van der Waals surface area contributed by atoms with Crippen molar-refractivity contribution in [2.45, 2.75) is 6.10 Å². The van der Waals surface area contributed by atoms with Crippen molar-refractivity contribution in [3.8, 4) is 11.5 Å². The number of aliphatic hydroxyl groups is 1. The van der Waals surface area contributed by atoms with Gasteiger partial charge in [-0.25, -0.2) is 4.79 Å². The molecule has 1 atom stereocenters. The fourth-order valence-electron chi connectivity index (χ4n) is 3.14. The van der Waals surface area contributed by atoms with E-state index in [1.807, 2.05) is 0 Å². The Hall–Kier alpha value is -3.29. The van der Waals surface area contributed by atoms with Gasteiger partial charge in [0.1, 0.15) is 19.3 Å². The molecule has 1 aliphatic heterocycles. The lowest BCUT2D eigenvalue weighted by Crippen LogP contribution is -2.31. The average molecular weight is 430 g/mol. The highest BCUT2D eigenvalue weighted by molar-refractivity contribution is 6.30. The van der Waals surface area contributed by atoms with Gasteiger partial charge in [0.25, 0.3) is 5.91 Å². The first-order valence-corrected chi connectivity index (χ1v) is 9.49. The second-order valence-corrected chi connectivity index (χ2v) is 6.82. The van der Waals surface area contributed by atoms with E-state index in [9.17, 15) is 14.7 Å². The summed E-state index contributed by atoms with van der Waals surface area (Å²) in [7, 11) is 0. The largest absolute Gasteiger partial charge is 0.486 e. The molecule has 0 radical (unpaired) electrons. The number of fused-ring (bicyclic) bond motifs is 1. The summed E-state index contributed by atoms with van der Waals surface area (Å²) in [5.41, 5.74) is 1.17. The van der Waals surface area contributed by atoms with Crippen molar-refractivity contribution in [3.05, 3.63) is 77.4 Å². The van der Waals surface area contributed by atoms with Crippen LogP contribution in [-0.2, 0) is 9.59 Å². The Morgan fingerprint density at radius 2 is 1.93 bits per heavy atom. The second kappa shape index (κ2) is 9.47. The fourth-order valence-corrected chi connectivity index (χ4v) is 3.32. The van der Waals surface area contributed by atoms with Gasteiger partial charge >= 0.3 is 5.97 Å². The van der Waals surface area contributed by atoms with Crippen LogP contribution >= 0.6 is 11.6 Å². The summed E-state index contributed by atoms with van der Waals surface area (Å²) in [5, 5.41) is 20.4. The third-order valence-corrected chi connectivity index (χ3v) is 4.65. The molecule has 1 unspecified atom stereocenters. The van der Waals surface area contributed by atoms with E-state index in [-0.39, 0.29) is 6.54 Å². The standard InChI is InChI=1S/C22H20ClNO6/c1-2-10-24(19(25)8-9-20(26)27)17-7-6-14(23)13-16(17)21(28)15-4-3-5-18-22(15)30-12-11-29-18/h2-9,13,21,28H,1,10-12H2,(H,26,27). The van der Waals surface area contributed by atoms with Gasteiger partial charge in [0.15, 0.2) is 11.5 Å². The minimum absolute atomic E-state index is 0.0939. The zero-order valence-corrected chi connectivity index (χ0v) is 16.7. The summed E-state index contributed by atoms with van der Waals surface area (Å²) in [6.45, 7) is 4.50. The Bertz CT molecular complexity index is 1000. The van der Waals surface area contributed by atoms with Crippen LogP contribution in [0.1, 0.15) is 17.2 Å². The highest BCUT2D eigenvalue weighted by Crippen LogP contribution is 2.41. The van der Waals surface area contributed by atoms with Crippen molar-refractivity contribution < 1.29 is 29.3 Å². The maximum absolute atomic E-state index is 12.6. The lowest BCUT2D eigenvalue weighted by Gasteiger charge is -2.27. The van der Waals surface area contributed by atoms with E-state index in [0.29, 0.717) is 46.5 Å². The van der Waals surface area contributed by atoms with Gasteiger partial charge in [0.05, 0.1) is 5.69 Å². The number of halogens is 1. The molecule has 0 aliphatic carbocycles. The predicted molar refractivity (Wildman–Crippen MR) is 112 cm³/mol. The van der Waals surface area contributed by atoms with Gasteiger partial charge < -0.3 is 24.6 Å². The first-order chi connectivity index (χ1) is 14.4. The van der Waals surface area contributed by atoms with Crippen LogP contribution in [0.4, 0.5) is 5.69 Å². The summed E-state index contributed by atoms with van der Waals surface area (Å²) < 4.78 is 11.3. The van der Waals surface area contributed by atoms with Crippen molar-refractivity contribution in [1.82, 2.24) is 0 Å². The van der Waals surface area contributed by atoms with Gasteiger partial charge in [-0.1, -0.05) is 29.8 Å². The van der Waals surface area contributed by atoms with E-state index in [2.05, 4.69) is 6.58 Å². The SMILES string of the molecule is C=CCN(C(=O)C=CC(=O)O)c1ccc(Cl)cc1C(O)c1cccc2c1OCCO2. The Labute approximate surface area is 178 Å². The molecule has 0 aromatic heterocycles. The van der Waals surface area contributed by atoms with Crippen LogP contribution < -0.4 is 14.4 Å². The van der Waals surface area contributed by atoms with Crippen molar-refractivity contribution >= 4 is 29.2 Å². The maximum Gasteiger partial charge on any atom is 0.328 e. The van der Waals surface area contributed by atoms with E-state index in [4.69, 9.17) is 26.2 Å². The minimum atomic E-state index is -1.24. The third-order valence-electron chi connectivity index (χ3n) is 4.41. The molecule has 1 aliphatic rings.